The molecule has 116 valence electrons. The zero-order valence-electron chi connectivity index (χ0n) is 12.2. The van der Waals surface area contributed by atoms with Crippen LogP contribution in [0, 0.1) is 6.92 Å². The number of nitrogens with two attached hydrogens (primary N) is 1. The lowest BCUT2D eigenvalue weighted by Gasteiger charge is -2.15. The Bertz CT molecular complexity index is 925. The van der Waals surface area contributed by atoms with Crippen molar-refractivity contribution in [1.29, 1.82) is 0 Å². The number of carbonyl (C=O) groups is 1. The van der Waals surface area contributed by atoms with Crippen molar-refractivity contribution < 1.29 is 4.79 Å². The summed E-state index contributed by atoms with van der Waals surface area (Å²) in [6, 6.07) is 11.1. The van der Waals surface area contributed by atoms with Gasteiger partial charge in [0.25, 0.3) is 5.91 Å². The Morgan fingerprint density at radius 3 is 2.57 bits per heavy atom. The molecule has 3 N–H and O–H groups in total. The number of fused-ring (bicyclic) bond motifs is 1. The normalized spacial score (nSPS) is 10.7. The number of nitrogens with zero attached hydrogens (tertiary/aromatic N) is 1. The predicted octanol–water partition coefficient (Wildman–Crippen LogP) is 4.69. The molecule has 0 bridgehead atoms. The van der Waals surface area contributed by atoms with Crippen molar-refractivity contribution in [1.82, 2.24) is 4.98 Å². The summed E-state index contributed by atoms with van der Waals surface area (Å²) in [6.45, 7) is 1.97. The number of carbonyl (C=O) groups excluding carboxylic acids is 1. The Kier molecular flexibility index (Phi) is 4.11. The molecular weight excluding hydrogens is 333 g/mol. The van der Waals surface area contributed by atoms with Gasteiger partial charge in [0, 0.05) is 17.3 Å². The number of hydrogen-bond donors (Lipinski definition) is 2. The molecule has 0 fully saturated rings. The zero-order chi connectivity index (χ0) is 16.6. The Balaban J connectivity index is 2.27. The third-order valence-electron chi connectivity index (χ3n) is 3.58. The van der Waals surface area contributed by atoms with E-state index in [9.17, 15) is 4.79 Å². The molecule has 0 aliphatic heterocycles. The van der Waals surface area contributed by atoms with Gasteiger partial charge in [-0.2, -0.15) is 0 Å². The molecule has 0 atom stereocenters. The van der Waals surface area contributed by atoms with Crippen LogP contribution in [0.4, 0.5) is 11.4 Å². The van der Waals surface area contributed by atoms with Crippen LogP contribution in [-0.4, -0.2) is 10.9 Å². The minimum absolute atomic E-state index is 0.291. The Hall–Kier alpha value is -2.30. The molecule has 6 heteroatoms. The van der Waals surface area contributed by atoms with E-state index < -0.39 is 5.91 Å². The minimum atomic E-state index is -0.568. The maximum Gasteiger partial charge on any atom is 0.252 e. The van der Waals surface area contributed by atoms with E-state index in [1.165, 1.54) is 6.20 Å². The summed E-state index contributed by atoms with van der Waals surface area (Å²) in [5, 5.41) is 4.74. The van der Waals surface area contributed by atoms with Crippen LogP contribution < -0.4 is 11.1 Å². The maximum atomic E-state index is 11.8. The molecule has 0 saturated carbocycles. The van der Waals surface area contributed by atoms with Crippen LogP contribution in [0.5, 0.6) is 0 Å². The molecule has 23 heavy (non-hydrogen) atoms. The summed E-state index contributed by atoms with van der Waals surface area (Å²) in [6.07, 6.45) is 1.44. The first-order valence-corrected chi connectivity index (χ1v) is 7.63. The van der Waals surface area contributed by atoms with E-state index in [2.05, 4.69) is 10.3 Å². The van der Waals surface area contributed by atoms with Gasteiger partial charge in [-0.05, 0) is 30.7 Å². The van der Waals surface area contributed by atoms with Crippen LogP contribution in [0.2, 0.25) is 10.0 Å². The molecule has 0 saturated heterocycles. The summed E-state index contributed by atoms with van der Waals surface area (Å²) >= 11 is 12.2. The number of rotatable bonds is 3. The number of aryl methyl sites for hydroxylation is 1. The Labute approximate surface area is 143 Å². The molecule has 0 unspecified atom stereocenters. The fourth-order valence-electron chi connectivity index (χ4n) is 2.36. The minimum Gasteiger partial charge on any atom is -0.365 e. The van der Waals surface area contributed by atoms with Gasteiger partial charge in [0.2, 0.25) is 0 Å². The van der Waals surface area contributed by atoms with Crippen LogP contribution in [-0.2, 0) is 0 Å². The van der Waals surface area contributed by atoms with Crippen LogP contribution >= 0.6 is 23.2 Å². The topological polar surface area (TPSA) is 68.0 Å². The molecule has 1 heterocycles. The first-order chi connectivity index (χ1) is 11.0. The molecular formula is C17H13Cl2N3O. The maximum absolute atomic E-state index is 11.8. The quantitative estimate of drug-likeness (QED) is 0.723. The largest absolute Gasteiger partial charge is 0.365 e. The van der Waals surface area contributed by atoms with Crippen molar-refractivity contribution >= 4 is 51.4 Å². The Morgan fingerprint density at radius 2 is 1.87 bits per heavy atom. The third kappa shape index (κ3) is 2.96. The highest BCUT2D eigenvalue weighted by molar-refractivity contribution is 6.43. The molecule has 1 aromatic heterocycles. The summed E-state index contributed by atoms with van der Waals surface area (Å²) in [4.78, 5) is 16.0. The van der Waals surface area contributed by atoms with Crippen molar-refractivity contribution in [2.75, 3.05) is 5.32 Å². The van der Waals surface area contributed by atoms with E-state index in [0.29, 0.717) is 32.2 Å². The first-order valence-electron chi connectivity index (χ1n) is 6.87. The number of para-hydroxylation sites is 1. The first kappa shape index (κ1) is 15.6. The van der Waals surface area contributed by atoms with Crippen LogP contribution in [0.25, 0.3) is 10.9 Å². The van der Waals surface area contributed by atoms with Gasteiger partial charge in [0.1, 0.15) is 0 Å². The predicted molar refractivity (Wildman–Crippen MR) is 94.7 cm³/mol. The number of halogens is 2. The van der Waals surface area contributed by atoms with Gasteiger partial charge in [-0.1, -0.05) is 41.4 Å². The summed E-state index contributed by atoms with van der Waals surface area (Å²) < 4.78 is 0. The lowest BCUT2D eigenvalue weighted by atomic mass is 10.1. The summed E-state index contributed by atoms with van der Waals surface area (Å²) in [5.41, 5.74) is 8.87. The van der Waals surface area contributed by atoms with Gasteiger partial charge < -0.3 is 11.1 Å². The van der Waals surface area contributed by atoms with Crippen LogP contribution in [0.1, 0.15) is 15.9 Å². The van der Waals surface area contributed by atoms with E-state index >= 15 is 0 Å². The fraction of sp³-hybridized carbons (Fsp3) is 0.0588. The van der Waals surface area contributed by atoms with E-state index in [4.69, 9.17) is 28.9 Å². The number of pyridine rings is 1. The Morgan fingerprint density at radius 1 is 1.17 bits per heavy atom. The van der Waals surface area contributed by atoms with Crippen molar-refractivity contribution in [2.24, 2.45) is 5.73 Å². The van der Waals surface area contributed by atoms with Gasteiger partial charge in [0.15, 0.2) is 0 Å². The zero-order valence-corrected chi connectivity index (χ0v) is 13.7. The molecule has 0 spiro atoms. The highest BCUT2D eigenvalue weighted by atomic mass is 35.5. The molecule has 2 aromatic carbocycles. The number of hydrogen-bond acceptors (Lipinski definition) is 3. The van der Waals surface area contributed by atoms with E-state index in [1.54, 1.807) is 12.1 Å². The molecule has 4 nitrogen and oxygen atoms in total. The second-order valence-electron chi connectivity index (χ2n) is 5.13. The second kappa shape index (κ2) is 6.07. The average Bonchev–Trinajstić information content (AvgIpc) is 2.51. The molecule has 1 amide bonds. The smallest absolute Gasteiger partial charge is 0.252 e. The number of aromatic nitrogens is 1. The number of nitrogens with one attached hydrogen (secondary N) is 1. The fourth-order valence-corrected chi connectivity index (χ4v) is 2.68. The lowest BCUT2D eigenvalue weighted by Crippen LogP contribution is -2.14. The highest BCUT2D eigenvalue weighted by Gasteiger charge is 2.15. The second-order valence-corrected chi connectivity index (χ2v) is 5.95. The van der Waals surface area contributed by atoms with E-state index in [1.807, 2.05) is 31.2 Å². The van der Waals surface area contributed by atoms with Gasteiger partial charge in [0.05, 0.1) is 26.8 Å². The standard InChI is InChI=1S/C17H13Cl2N3O/c1-9-4-2-3-5-14(9)22-16-10-6-12(18)13(19)7-15(10)21-8-11(16)17(20)23/h2-8H,1H3,(H2,20,23)(H,21,22). The van der Waals surface area contributed by atoms with Gasteiger partial charge in [-0.3, -0.25) is 9.78 Å². The van der Waals surface area contributed by atoms with Crippen molar-refractivity contribution in [3.8, 4) is 0 Å². The highest BCUT2D eigenvalue weighted by Crippen LogP contribution is 2.34. The van der Waals surface area contributed by atoms with E-state index in [0.717, 1.165) is 11.3 Å². The monoisotopic (exact) mass is 345 g/mol. The van der Waals surface area contributed by atoms with Crippen molar-refractivity contribution in [3.63, 3.8) is 0 Å². The van der Waals surface area contributed by atoms with Crippen molar-refractivity contribution in [3.05, 3.63) is 63.8 Å². The number of primary amides is 1. The lowest BCUT2D eigenvalue weighted by molar-refractivity contribution is 0.100. The van der Waals surface area contributed by atoms with Gasteiger partial charge in [-0.15, -0.1) is 0 Å². The van der Waals surface area contributed by atoms with Crippen molar-refractivity contribution in [2.45, 2.75) is 6.92 Å². The molecule has 3 aromatic rings. The van der Waals surface area contributed by atoms with Gasteiger partial charge in [-0.25, -0.2) is 0 Å². The average molecular weight is 346 g/mol. The van der Waals surface area contributed by atoms with Crippen LogP contribution in [0.15, 0.2) is 42.6 Å². The van der Waals surface area contributed by atoms with E-state index in [-0.39, 0.29) is 0 Å². The van der Waals surface area contributed by atoms with Gasteiger partial charge >= 0.3 is 0 Å². The molecule has 0 aliphatic carbocycles. The molecule has 0 radical (unpaired) electrons. The SMILES string of the molecule is Cc1ccccc1Nc1c(C(N)=O)cnc2cc(Cl)c(Cl)cc12. The number of amides is 1. The van der Waals surface area contributed by atoms with Crippen LogP contribution in [0.3, 0.4) is 0 Å². The third-order valence-corrected chi connectivity index (χ3v) is 4.30. The summed E-state index contributed by atoms with van der Waals surface area (Å²) in [5.74, 6) is -0.568. The summed E-state index contributed by atoms with van der Waals surface area (Å²) in [7, 11) is 0. The molecule has 0 aliphatic rings. The number of benzene rings is 2. The number of anilines is 2. The molecule has 3 rings (SSSR count).